The highest BCUT2D eigenvalue weighted by molar-refractivity contribution is 6.14. The van der Waals surface area contributed by atoms with Crippen LogP contribution in [0.2, 0.25) is 0 Å². The van der Waals surface area contributed by atoms with Crippen LogP contribution >= 0.6 is 0 Å². The summed E-state index contributed by atoms with van der Waals surface area (Å²) in [4.78, 5) is 14.9. The van der Waals surface area contributed by atoms with E-state index in [1.807, 2.05) is 158 Å². The van der Waals surface area contributed by atoms with Crippen LogP contribution in [0.15, 0.2) is 221 Å². The van der Waals surface area contributed by atoms with Crippen molar-refractivity contribution in [3.63, 3.8) is 0 Å². The fraction of sp³-hybridized carbons (Fsp3) is 0. The van der Waals surface area contributed by atoms with Gasteiger partial charge in [-0.15, -0.1) is 0 Å². The number of nitrogens with zero attached hydrogens (tertiary/aromatic N) is 3. The Morgan fingerprint density at radius 2 is 0.887 bits per heavy atom. The highest BCUT2D eigenvalue weighted by Gasteiger charge is 2.19. The van der Waals surface area contributed by atoms with Crippen molar-refractivity contribution in [2.24, 2.45) is 0 Å². The number of rotatable bonds is 7. The van der Waals surface area contributed by atoms with E-state index in [9.17, 15) is 5.48 Å². The van der Waals surface area contributed by atoms with Gasteiger partial charge in [-0.2, -0.15) is 0 Å². The van der Waals surface area contributed by atoms with E-state index < -0.39 is 0 Å². The van der Waals surface area contributed by atoms with Gasteiger partial charge < -0.3 is 8.83 Å². The maximum Gasteiger partial charge on any atom is 0.164 e. The first-order chi connectivity index (χ1) is 33.2. The molecule has 0 N–H and O–H groups in total. The third-order valence-electron chi connectivity index (χ3n) is 11.3. The Balaban J connectivity index is 1.07. The second-order valence-electron chi connectivity index (χ2n) is 15.1. The summed E-state index contributed by atoms with van der Waals surface area (Å²) >= 11 is 0. The van der Waals surface area contributed by atoms with Crippen LogP contribution in [0.5, 0.6) is 0 Å². The van der Waals surface area contributed by atoms with E-state index in [1.165, 1.54) is 0 Å². The molecule has 3 heterocycles. The van der Waals surface area contributed by atoms with Gasteiger partial charge >= 0.3 is 0 Å². The smallest absolute Gasteiger partial charge is 0.164 e. The summed E-state index contributed by atoms with van der Waals surface area (Å²) < 4.78 is 68.9. The van der Waals surface area contributed by atoms with E-state index in [2.05, 4.69) is 18.2 Å². The summed E-state index contributed by atoms with van der Waals surface area (Å²) in [5, 5.41) is 2.08. The topological polar surface area (TPSA) is 65.0 Å². The fourth-order valence-electron chi connectivity index (χ4n) is 8.25. The van der Waals surface area contributed by atoms with Gasteiger partial charge in [-0.25, -0.2) is 15.0 Å². The molecule has 0 saturated carbocycles. The lowest BCUT2D eigenvalue weighted by Crippen LogP contribution is -2.00. The van der Waals surface area contributed by atoms with Crippen LogP contribution in [0, 0.1) is 0 Å². The maximum absolute atomic E-state index is 9.74. The van der Waals surface area contributed by atoms with Crippen molar-refractivity contribution < 1.29 is 17.1 Å². The lowest BCUT2D eigenvalue weighted by atomic mass is 9.92. The van der Waals surface area contributed by atoms with Crippen LogP contribution in [-0.2, 0) is 0 Å². The zero-order valence-electron chi connectivity index (χ0n) is 38.9. The van der Waals surface area contributed by atoms with Crippen molar-refractivity contribution in [3.05, 3.63) is 212 Å². The molecular formula is C57H35N3O2. The Bertz CT molecular complexity index is 3970. The van der Waals surface area contributed by atoms with Crippen molar-refractivity contribution in [1.29, 1.82) is 0 Å². The van der Waals surface area contributed by atoms with Gasteiger partial charge in [0.05, 0.1) is 8.22 Å². The van der Waals surface area contributed by atoms with E-state index in [1.54, 1.807) is 0 Å². The molecule has 5 nitrogen and oxygen atoms in total. The molecule has 0 saturated heterocycles. The first-order valence-corrected chi connectivity index (χ1v) is 20.3. The van der Waals surface area contributed by atoms with Gasteiger partial charge in [0.15, 0.2) is 17.5 Å². The molecule has 0 amide bonds. The Hall–Kier alpha value is -8.41. The van der Waals surface area contributed by atoms with Gasteiger partial charge in [-0.3, -0.25) is 0 Å². The van der Waals surface area contributed by atoms with E-state index in [-0.39, 0.29) is 86.8 Å². The molecule has 0 radical (unpaired) electrons. The zero-order chi connectivity index (χ0) is 46.2. The monoisotopic (exact) mass is 799 g/mol. The zero-order valence-corrected chi connectivity index (χ0v) is 32.9. The predicted molar refractivity (Wildman–Crippen MR) is 252 cm³/mol. The number of fused-ring (bicyclic) bond motifs is 6. The molecule has 9 aromatic carbocycles. The van der Waals surface area contributed by atoms with E-state index in [0.717, 1.165) is 49.7 Å². The SMILES string of the molecule is [2H]c1c([2H])c(-c2ccccc2-c2ccccc2)c2c(oc3c([2H])c(-c4nc(-c5ccc(-c6ccccc6)cc5)nc(-c5ccc6oc7cc(-c8ccccc8)ccc7c6c5)n4)c([2H])c([2H])c32)c1[2H]. The van der Waals surface area contributed by atoms with Crippen molar-refractivity contribution in [2.45, 2.75) is 0 Å². The minimum absolute atomic E-state index is 0.0178. The van der Waals surface area contributed by atoms with Crippen molar-refractivity contribution in [2.75, 3.05) is 0 Å². The first-order valence-electron chi connectivity index (χ1n) is 23.3. The Morgan fingerprint density at radius 3 is 1.63 bits per heavy atom. The molecule has 12 aromatic rings. The second kappa shape index (κ2) is 14.7. The quantitative estimate of drug-likeness (QED) is 0.161. The normalized spacial score (nSPS) is 12.9. The molecule has 0 aliphatic rings. The highest BCUT2D eigenvalue weighted by atomic mass is 16.3. The molecule has 0 spiro atoms. The average Bonchev–Trinajstić information content (AvgIpc) is 3.97. The predicted octanol–water partition coefficient (Wildman–Crippen LogP) is 15.3. The Morgan fingerprint density at radius 1 is 0.323 bits per heavy atom. The van der Waals surface area contributed by atoms with Crippen LogP contribution < -0.4 is 0 Å². The third-order valence-corrected chi connectivity index (χ3v) is 11.3. The van der Waals surface area contributed by atoms with Crippen LogP contribution in [-0.4, -0.2) is 15.0 Å². The van der Waals surface area contributed by atoms with Crippen molar-refractivity contribution in [1.82, 2.24) is 15.0 Å². The second-order valence-corrected chi connectivity index (χ2v) is 15.1. The molecule has 290 valence electrons. The molecule has 62 heavy (non-hydrogen) atoms. The van der Waals surface area contributed by atoms with Crippen LogP contribution in [0.3, 0.4) is 0 Å². The molecule has 0 bridgehead atoms. The van der Waals surface area contributed by atoms with Crippen molar-refractivity contribution >= 4 is 43.9 Å². The number of benzene rings is 9. The summed E-state index contributed by atoms with van der Waals surface area (Å²) in [5.74, 6) is 0.543. The van der Waals surface area contributed by atoms with Crippen LogP contribution in [0.25, 0.3) is 123 Å². The number of aromatic nitrogens is 3. The highest BCUT2D eigenvalue weighted by Crippen LogP contribution is 2.42. The summed E-state index contributed by atoms with van der Waals surface area (Å²) in [6.45, 7) is 0. The molecule has 0 aliphatic heterocycles. The van der Waals surface area contributed by atoms with Gasteiger partial charge in [0, 0.05) is 38.2 Å². The minimum Gasteiger partial charge on any atom is -0.456 e. The van der Waals surface area contributed by atoms with Gasteiger partial charge in [-0.1, -0.05) is 164 Å². The number of hydrogen-bond acceptors (Lipinski definition) is 5. The van der Waals surface area contributed by atoms with Crippen LogP contribution in [0.4, 0.5) is 0 Å². The van der Waals surface area contributed by atoms with Crippen LogP contribution in [0.1, 0.15) is 8.22 Å². The summed E-state index contributed by atoms with van der Waals surface area (Å²) in [6.07, 6.45) is 0. The molecule has 0 unspecified atom stereocenters. The summed E-state index contributed by atoms with van der Waals surface area (Å²) in [6, 6.07) is 55.1. The Labute approximate surface area is 365 Å². The maximum atomic E-state index is 9.74. The largest absolute Gasteiger partial charge is 0.456 e. The van der Waals surface area contributed by atoms with E-state index in [4.69, 9.17) is 26.5 Å². The van der Waals surface area contributed by atoms with E-state index in [0.29, 0.717) is 22.3 Å². The lowest BCUT2D eigenvalue weighted by Gasteiger charge is -2.11. The molecule has 0 atom stereocenters. The Kier molecular flexibility index (Phi) is 7.05. The van der Waals surface area contributed by atoms with Crippen molar-refractivity contribution in [3.8, 4) is 78.7 Å². The number of hydrogen-bond donors (Lipinski definition) is 0. The van der Waals surface area contributed by atoms with Gasteiger partial charge in [0.25, 0.3) is 0 Å². The lowest BCUT2D eigenvalue weighted by molar-refractivity contribution is 0.668. The standard InChI is InChI=1S/C57H35N3O2/c1-4-13-36(14-5-1)38-23-25-40(26-24-38)55-58-56(42-29-32-50-49(33-42)46-30-27-41(34-52(46)61-50)37-15-6-2-7-16-37)60-57(59-55)43-28-31-48-53(35-43)62-51-22-12-21-47(54(48)51)45-20-11-10-19-44(45)39-17-8-3-9-18-39/h1-35H/i12D,21D,22D,28D,31D,35D. The summed E-state index contributed by atoms with van der Waals surface area (Å²) in [5.41, 5.74) is 9.19. The molecule has 3 aromatic heterocycles. The molecule has 0 fully saturated rings. The molecule has 5 heteroatoms. The van der Waals surface area contributed by atoms with Gasteiger partial charge in [0.2, 0.25) is 0 Å². The van der Waals surface area contributed by atoms with Gasteiger partial charge in [-0.05, 0) is 93.0 Å². The first kappa shape index (κ1) is 29.7. The van der Waals surface area contributed by atoms with E-state index >= 15 is 0 Å². The number of furan rings is 2. The molecule has 0 aliphatic carbocycles. The molecule has 12 rings (SSSR count). The minimum atomic E-state index is -0.358. The average molecular weight is 800 g/mol. The van der Waals surface area contributed by atoms with Gasteiger partial charge in [0.1, 0.15) is 22.3 Å². The third kappa shape index (κ3) is 6.23. The molecular weight excluding hydrogens is 759 g/mol. The fourth-order valence-corrected chi connectivity index (χ4v) is 8.25. The summed E-state index contributed by atoms with van der Waals surface area (Å²) in [7, 11) is 0.